The third-order valence-corrected chi connectivity index (χ3v) is 5.68. The van der Waals surface area contributed by atoms with Gasteiger partial charge < -0.3 is 9.47 Å². The smallest absolute Gasteiger partial charge is 0.212 e. The van der Waals surface area contributed by atoms with Gasteiger partial charge in [0.15, 0.2) is 0 Å². The molecule has 122 valence electrons. The molecule has 0 saturated carbocycles. The molecule has 0 aromatic heterocycles. The van der Waals surface area contributed by atoms with Crippen molar-refractivity contribution in [2.45, 2.75) is 25.3 Å². The first-order chi connectivity index (χ1) is 10.5. The summed E-state index contributed by atoms with van der Waals surface area (Å²) < 4.78 is 51.6. The van der Waals surface area contributed by atoms with Gasteiger partial charge in [0.25, 0.3) is 0 Å². The molecule has 0 unspecified atom stereocenters. The first-order valence-corrected chi connectivity index (χ1v) is 9.19. The maximum absolute atomic E-state index is 13.4. The largest absolute Gasteiger partial charge is 0.493 e. The summed E-state index contributed by atoms with van der Waals surface area (Å²) in [6.45, 7) is 1.65. The lowest BCUT2D eigenvalue weighted by Gasteiger charge is -2.28. The summed E-state index contributed by atoms with van der Waals surface area (Å²) in [5.41, 5.74) is 0.571. The highest BCUT2D eigenvalue weighted by molar-refractivity contribution is 7.89. The predicted octanol–water partition coefficient (Wildman–Crippen LogP) is 2.00. The number of rotatable bonds is 4. The molecule has 22 heavy (non-hydrogen) atoms. The van der Waals surface area contributed by atoms with Crippen LogP contribution in [0.1, 0.15) is 30.9 Å². The fourth-order valence-corrected chi connectivity index (χ4v) is 4.70. The molecule has 1 atom stereocenters. The summed E-state index contributed by atoms with van der Waals surface area (Å²) in [4.78, 5) is 0. The normalized spacial score (nSPS) is 22.9. The number of fused-ring (bicyclic) bond motifs is 1. The maximum atomic E-state index is 13.4. The molecular formula is C15H20FNO4S. The van der Waals surface area contributed by atoms with Crippen LogP contribution in [-0.2, 0) is 14.8 Å². The fraction of sp³-hybridized carbons (Fsp3) is 0.600. The molecule has 3 rings (SSSR count). The van der Waals surface area contributed by atoms with Crippen LogP contribution in [0.25, 0.3) is 0 Å². The fourth-order valence-electron chi connectivity index (χ4n) is 2.98. The average molecular weight is 329 g/mol. The Labute approximate surface area is 129 Å². The topological polar surface area (TPSA) is 64.6 Å². The van der Waals surface area contributed by atoms with Gasteiger partial charge in [0.1, 0.15) is 11.6 Å². The van der Waals surface area contributed by atoms with E-state index in [-0.39, 0.29) is 11.7 Å². The van der Waals surface area contributed by atoms with Gasteiger partial charge in [-0.15, -0.1) is 0 Å². The third kappa shape index (κ3) is 3.77. The van der Waals surface area contributed by atoms with E-state index in [1.165, 1.54) is 12.1 Å². The van der Waals surface area contributed by atoms with E-state index in [2.05, 4.69) is 4.72 Å². The SMILES string of the molecule is O=S(=O)(CC1CCOCC1)N[C@@H]1CCOc2ccc(F)cc21. The zero-order valence-corrected chi connectivity index (χ0v) is 13.1. The van der Waals surface area contributed by atoms with E-state index >= 15 is 0 Å². The molecule has 1 fully saturated rings. The van der Waals surface area contributed by atoms with E-state index in [4.69, 9.17) is 9.47 Å². The van der Waals surface area contributed by atoms with Gasteiger partial charge in [0.05, 0.1) is 18.4 Å². The zero-order chi connectivity index (χ0) is 15.6. The number of benzene rings is 1. The van der Waals surface area contributed by atoms with Crippen LogP contribution in [0.5, 0.6) is 5.75 Å². The number of ether oxygens (including phenoxy) is 2. The number of halogens is 1. The number of hydrogen-bond acceptors (Lipinski definition) is 4. The highest BCUT2D eigenvalue weighted by Gasteiger charge is 2.28. The second-order valence-corrected chi connectivity index (χ2v) is 7.63. The van der Waals surface area contributed by atoms with Crippen LogP contribution in [0.15, 0.2) is 18.2 Å². The van der Waals surface area contributed by atoms with Crippen LogP contribution in [0.3, 0.4) is 0 Å². The zero-order valence-electron chi connectivity index (χ0n) is 12.3. The van der Waals surface area contributed by atoms with Crippen LogP contribution >= 0.6 is 0 Å². The maximum Gasteiger partial charge on any atom is 0.212 e. The Kier molecular flexibility index (Phi) is 4.65. The highest BCUT2D eigenvalue weighted by Crippen LogP contribution is 2.33. The molecule has 2 heterocycles. The lowest BCUT2D eigenvalue weighted by Crippen LogP contribution is -2.36. The second kappa shape index (κ2) is 6.52. The molecule has 0 spiro atoms. The van der Waals surface area contributed by atoms with Crippen LogP contribution in [0.4, 0.5) is 4.39 Å². The van der Waals surface area contributed by atoms with Crippen molar-refractivity contribution in [2.24, 2.45) is 5.92 Å². The summed E-state index contributed by atoms with van der Waals surface area (Å²) in [6, 6.07) is 3.78. The first kappa shape index (κ1) is 15.7. The Morgan fingerprint density at radius 3 is 2.73 bits per heavy atom. The van der Waals surface area contributed by atoms with Crippen molar-refractivity contribution in [2.75, 3.05) is 25.6 Å². The lowest BCUT2D eigenvalue weighted by atomic mass is 10.0. The minimum Gasteiger partial charge on any atom is -0.493 e. The molecule has 0 amide bonds. The molecule has 0 radical (unpaired) electrons. The van der Waals surface area contributed by atoms with Crippen molar-refractivity contribution in [3.8, 4) is 5.75 Å². The van der Waals surface area contributed by atoms with Gasteiger partial charge in [-0.25, -0.2) is 17.5 Å². The molecule has 1 saturated heterocycles. The Balaban J connectivity index is 1.71. The van der Waals surface area contributed by atoms with Gasteiger partial charge in [-0.2, -0.15) is 0 Å². The Hall–Kier alpha value is -1.18. The number of hydrogen-bond donors (Lipinski definition) is 1. The van der Waals surface area contributed by atoms with E-state index < -0.39 is 21.9 Å². The van der Waals surface area contributed by atoms with Gasteiger partial charge >= 0.3 is 0 Å². The van der Waals surface area contributed by atoms with E-state index in [1.54, 1.807) is 6.07 Å². The van der Waals surface area contributed by atoms with E-state index in [9.17, 15) is 12.8 Å². The summed E-state index contributed by atoms with van der Waals surface area (Å²) in [6.07, 6.45) is 2.03. The van der Waals surface area contributed by atoms with Crippen LogP contribution < -0.4 is 9.46 Å². The van der Waals surface area contributed by atoms with Crippen molar-refractivity contribution in [3.63, 3.8) is 0 Å². The molecule has 0 bridgehead atoms. The van der Waals surface area contributed by atoms with Gasteiger partial charge in [-0.3, -0.25) is 0 Å². The molecule has 2 aliphatic rings. The number of sulfonamides is 1. The molecule has 7 heteroatoms. The molecule has 2 aliphatic heterocycles. The van der Waals surface area contributed by atoms with Gasteiger partial charge in [0.2, 0.25) is 10.0 Å². The average Bonchev–Trinajstić information content (AvgIpc) is 2.48. The van der Waals surface area contributed by atoms with Gasteiger partial charge in [-0.1, -0.05) is 0 Å². The molecule has 5 nitrogen and oxygen atoms in total. The lowest BCUT2D eigenvalue weighted by molar-refractivity contribution is 0.0722. The first-order valence-electron chi connectivity index (χ1n) is 7.53. The van der Waals surface area contributed by atoms with Crippen molar-refractivity contribution >= 4 is 10.0 Å². The van der Waals surface area contributed by atoms with Crippen molar-refractivity contribution in [1.29, 1.82) is 0 Å². The highest BCUT2D eigenvalue weighted by atomic mass is 32.2. The summed E-state index contributed by atoms with van der Waals surface area (Å²) in [7, 11) is -3.42. The van der Waals surface area contributed by atoms with Crippen molar-refractivity contribution in [3.05, 3.63) is 29.6 Å². The molecule has 0 aliphatic carbocycles. The van der Waals surface area contributed by atoms with E-state index in [0.717, 1.165) is 12.8 Å². The second-order valence-electron chi connectivity index (χ2n) is 5.83. The van der Waals surface area contributed by atoms with Gasteiger partial charge in [-0.05, 0) is 37.0 Å². The Bertz CT molecular complexity index is 628. The van der Waals surface area contributed by atoms with Crippen LogP contribution in [-0.4, -0.2) is 34.0 Å². The molecule has 1 aromatic carbocycles. The standard InChI is InChI=1S/C15H20FNO4S/c16-12-1-2-15-13(9-12)14(5-8-21-15)17-22(18,19)10-11-3-6-20-7-4-11/h1-2,9,11,14,17H,3-8,10H2/t14-/m1/s1. The number of nitrogens with one attached hydrogen (secondary N) is 1. The van der Waals surface area contributed by atoms with Crippen molar-refractivity contribution < 1.29 is 22.3 Å². The quantitative estimate of drug-likeness (QED) is 0.917. The monoisotopic (exact) mass is 329 g/mol. The van der Waals surface area contributed by atoms with E-state index in [1.807, 2.05) is 0 Å². The van der Waals surface area contributed by atoms with E-state index in [0.29, 0.717) is 37.6 Å². The summed E-state index contributed by atoms with van der Waals surface area (Å²) in [5, 5.41) is 0. The predicted molar refractivity (Wildman–Crippen MR) is 79.7 cm³/mol. The minimum atomic E-state index is -3.42. The molecular weight excluding hydrogens is 309 g/mol. The minimum absolute atomic E-state index is 0.0956. The Morgan fingerprint density at radius 2 is 1.95 bits per heavy atom. The summed E-state index contributed by atoms with van der Waals surface area (Å²) >= 11 is 0. The third-order valence-electron chi connectivity index (χ3n) is 4.13. The van der Waals surface area contributed by atoms with Gasteiger partial charge in [0, 0.05) is 25.2 Å². The van der Waals surface area contributed by atoms with Crippen molar-refractivity contribution in [1.82, 2.24) is 4.72 Å². The molecule has 1 N–H and O–H groups in total. The molecule has 1 aromatic rings. The summed E-state index contributed by atoms with van der Waals surface area (Å²) in [5.74, 6) is 0.376. The van der Waals surface area contributed by atoms with Crippen LogP contribution in [0.2, 0.25) is 0 Å². The Morgan fingerprint density at radius 1 is 1.18 bits per heavy atom. The van der Waals surface area contributed by atoms with Crippen LogP contribution in [0, 0.1) is 11.7 Å².